The maximum atomic E-state index is 12.0. The third-order valence-corrected chi connectivity index (χ3v) is 4.35. The fraction of sp³-hybridized carbons (Fsp3) is 0.857. The molecule has 0 atom stereocenters. The van der Waals surface area contributed by atoms with Crippen LogP contribution < -0.4 is 11.1 Å². The van der Waals surface area contributed by atoms with Crippen LogP contribution in [0.4, 0.5) is 0 Å². The molecule has 108 valence electrons. The van der Waals surface area contributed by atoms with Gasteiger partial charge in [-0.15, -0.1) is 0 Å². The Morgan fingerprint density at radius 3 is 2.37 bits per heavy atom. The molecule has 0 saturated heterocycles. The number of ether oxygens (including phenoxy) is 1. The Bertz CT molecular complexity index is 319. The number of esters is 1. The highest BCUT2D eigenvalue weighted by Gasteiger charge is 2.29. The third kappa shape index (κ3) is 4.40. The molecule has 5 heteroatoms. The van der Waals surface area contributed by atoms with E-state index in [0.29, 0.717) is 5.92 Å². The summed E-state index contributed by atoms with van der Waals surface area (Å²) in [7, 11) is 0. The lowest BCUT2D eigenvalue weighted by Crippen LogP contribution is -2.36. The van der Waals surface area contributed by atoms with Crippen LogP contribution in [-0.4, -0.2) is 24.6 Å². The van der Waals surface area contributed by atoms with Crippen LogP contribution in [0, 0.1) is 17.2 Å². The summed E-state index contributed by atoms with van der Waals surface area (Å²) in [5.74, 6) is 0.668. The first-order chi connectivity index (χ1) is 9.15. The lowest BCUT2D eigenvalue weighted by atomic mass is 9.82. The number of rotatable bonds is 4. The molecule has 2 aliphatic rings. The van der Waals surface area contributed by atoms with Crippen LogP contribution in [0.3, 0.4) is 0 Å². The highest BCUT2D eigenvalue weighted by Crippen LogP contribution is 2.31. The van der Waals surface area contributed by atoms with Crippen molar-refractivity contribution in [3.8, 4) is 0 Å². The number of nitrogens with one attached hydrogen (secondary N) is 2. The average Bonchev–Trinajstić information content (AvgIpc) is 2.89. The summed E-state index contributed by atoms with van der Waals surface area (Å²) in [6.07, 6.45) is 8.53. The van der Waals surface area contributed by atoms with Gasteiger partial charge in [-0.3, -0.25) is 10.2 Å². The van der Waals surface area contributed by atoms with Crippen molar-refractivity contribution in [3.63, 3.8) is 0 Å². The molecule has 19 heavy (non-hydrogen) atoms. The molecule has 4 N–H and O–H groups in total. The molecule has 0 heterocycles. The van der Waals surface area contributed by atoms with Crippen LogP contribution in [0.5, 0.6) is 0 Å². The summed E-state index contributed by atoms with van der Waals surface area (Å²) >= 11 is 0. The zero-order valence-corrected chi connectivity index (χ0v) is 11.5. The first kappa shape index (κ1) is 14.2. The molecule has 2 fully saturated rings. The number of hydrogen-bond acceptors (Lipinski definition) is 3. The van der Waals surface area contributed by atoms with Gasteiger partial charge in [0, 0.05) is 6.54 Å². The molecule has 5 nitrogen and oxygen atoms in total. The van der Waals surface area contributed by atoms with Crippen molar-refractivity contribution in [2.45, 2.75) is 57.5 Å². The SMILES string of the molecule is N=C(N)NCC1CCC(C(=O)OC2CCCC2)CC1. The maximum Gasteiger partial charge on any atom is 0.309 e. The second kappa shape index (κ2) is 6.78. The summed E-state index contributed by atoms with van der Waals surface area (Å²) in [6.45, 7) is 0.750. The van der Waals surface area contributed by atoms with Crippen molar-refractivity contribution in [1.82, 2.24) is 5.32 Å². The molecule has 0 unspecified atom stereocenters. The van der Waals surface area contributed by atoms with Gasteiger partial charge in [0.2, 0.25) is 0 Å². The molecule has 0 radical (unpaired) electrons. The van der Waals surface area contributed by atoms with E-state index in [-0.39, 0.29) is 24.0 Å². The van der Waals surface area contributed by atoms with E-state index >= 15 is 0 Å². The van der Waals surface area contributed by atoms with Gasteiger partial charge < -0.3 is 15.8 Å². The Morgan fingerprint density at radius 2 is 1.79 bits per heavy atom. The fourth-order valence-electron chi connectivity index (χ4n) is 3.12. The normalized spacial score (nSPS) is 28.0. The van der Waals surface area contributed by atoms with Gasteiger partial charge in [-0.2, -0.15) is 0 Å². The van der Waals surface area contributed by atoms with Gasteiger partial charge >= 0.3 is 5.97 Å². The van der Waals surface area contributed by atoms with Crippen LogP contribution in [0.2, 0.25) is 0 Å². The predicted molar refractivity (Wildman–Crippen MR) is 73.7 cm³/mol. The van der Waals surface area contributed by atoms with E-state index in [4.69, 9.17) is 15.9 Å². The van der Waals surface area contributed by atoms with E-state index in [9.17, 15) is 4.79 Å². The fourth-order valence-corrected chi connectivity index (χ4v) is 3.12. The van der Waals surface area contributed by atoms with Crippen molar-refractivity contribution >= 4 is 11.9 Å². The first-order valence-corrected chi connectivity index (χ1v) is 7.43. The summed E-state index contributed by atoms with van der Waals surface area (Å²) < 4.78 is 5.58. The van der Waals surface area contributed by atoms with Gasteiger partial charge in [0.05, 0.1) is 5.92 Å². The van der Waals surface area contributed by atoms with Crippen LogP contribution in [0.1, 0.15) is 51.4 Å². The van der Waals surface area contributed by atoms with Crippen molar-refractivity contribution in [2.75, 3.05) is 6.54 Å². The van der Waals surface area contributed by atoms with Gasteiger partial charge in [-0.25, -0.2) is 0 Å². The smallest absolute Gasteiger partial charge is 0.309 e. The maximum absolute atomic E-state index is 12.0. The van der Waals surface area contributed by atoms with Gasteiger partial charge in [-0.1, -0.05) is 0 Å². The second-order valence-electron chi connectivity index (χ2n) is 5.86. The van der Waals surface area contributed by atoms with Gasteiger partial charge in [0.25, 0.3) is 0 Å². The topological polar surface area (TPSA) is 88.2 Å². The lowest BCUT2D eigenvalue weighted by Gasteiger charge is -2.28. The largest absolute Gasteiger partial charge is 0.462 e. The molecular weight excluding hydrogens is 242 g/mol. The minimum atomic E-state index is 0.0184. The molecule has 0 aromatic rings. The Balaban J connectivity index is 1.67. The van der Waals surface area contributed by atoms with Crippen LogP contribution in [-0.2, 0) is 9.53 Å². The summed E-state index contributed by atoms with van der Waals surface area (Å²) in [5, 5.41) is 10.0. The summed E-state index contributed by atoms with van der Waals surface area (Å²) in [5.41, 5.74) is 5.27. The lowest BCUT2D eigenvalue weighted by molar-refractivity contribution is -0.155. The van der Waals surface area contributed by atoms with Crippen molar-refractivity contribution < 1.29 is 9.53 Å². The Kier molecular flexibility index (Phi) is 5.05. The molecule has 0 aromatic carbocycles. The predicted octanol–water partition coefficient (Wildman–Crippen LogP) is 1.76. The van der Waals surface area contributed by atoms with Crippen molar-refractivity contribution in [3.05, 3.63) is 0 Å². The molecular formula is C14H25N3O2. The van der Waals surface area contributed by atoms with Gasteiger partial charge in [0.15, 0.2) is 5.96 Å². The molecule has 2 saturated carbocycles. The van der Waals surface area contributed by atoms with E-state index in [1.807, 2.05) is 0 Å². The zero-order chi connectivity index (χ0) is 13.7. The number of guanidine groups is 1. The van der Waals surface area contributed by atoms with E-state index < -0.39 is 0 Å². The highest BCUT2D eigenvalue weighted by atomic mass is 16.5. The Morgan fingerprint density at radius 1 is 1.16 bits per heavy atom. The zero-order valence-electron chi connectivity index (χ0n) is 11.5. The summed E-state index contributed by atoms with van der Waals surface area (Å²) in [4.78, 5) is 12.0. The summed E-state index contributed by atoms with van der Waals surface area (Å²) in [6, 6.07) is 0. The molecule has 0 aromatic heterocycles. The van der Waals surface area contributed by atoms with Crippen molar-refractivity contribution in [1.29, 1.82) is 5.41 Å². The van der Waals surface area contributed by atoms with Crippen LogP contribution in [0.15, 0.2) is 0 Å². The van der Waals surface area contributed by atoms with Gasteiger partial charge in [0.1, 0.15) is 6.10 Å². The third-order valence-electron chi connectivity index (χ3n) is 4.35. The van der Waals surface area contributed by atoms with Crippen LogP contribution >= 0.6 is 0 Å². The Hall–Kier alpha value is -1.26. The minimum absolute atomic E-state index is 0.0184. The molecule has 0 bridgehead atoms. The van der Waals surface area contributed by atoms with E-state index in [2.05, 4.69) is 5.32 Å². The van der Waals surface area contributed by atoms with E-state index in [0.717, 1.165) is 45.1 Å². The standard InChI is InChI=1S/C14H25N3O2/c15-14(16)17-9-10-5-7-11(8-6-10)13(18)19-12-3-1-2-4-12/h10-12H,1-9H2,(H4,15,16,17). The monoisotopic (exact) mass is 267 g/mol. The van der Waals surface area contributed by atoms with E-state index in [1.54, 1.807) is 0 Å². The average molecular weight is 267 g/mol. The highest BCUT2D eigenvalue weighted by molar-refractivity contribution is 5.74. The molecule has 0 amide bonds. The minimum Gasteiger partial charge on any atom is -0.462 e. The number of carbonyl (C=O) groups is 1. The van der Waals surface area contributed by atoms with Gasteiger partial charge in [-0.05, 0) is 57.3 Å². The quantitative estimate of drug-likeness (QED) is 0.411. The number of carbonyl (C=O) groups excluding carboxylic acids is 1. The van der Waals surface area contributed by atoms with Crippen molar-refractivity contribution in [2.24, 2.45) is 17.6 Å². The molecule has 0 spiro atoms. The molecule has 0 aliphatic heterocycles. The molecule has 2 rings (SSSR count). The number of hydrogen-bond donors (Lipinski definition) is 3. The second-order valence-corrected chi connectivity index (χ2v) is 5.86. The Labute approximate surface area is 114 Å². The van der Waals surface area contributed by atoms with Crippen LogP contribution in [0.25, 0.3) is 0 Å². The van der Waals surface area contributed by atoms with E-state index in [1.165, 1.54) is 12.8 Å². The number of nitrogens with two attached hydrogens (primary N) is 1. The molecule has 2 aliphatic carbocycles. The first-order valence-electron chi connectivity index (χ1n) is 7.43.